The summed E-state index contributed by atoms with van der Waals surface area (Å²) >= 11 is 7.56. The fourth-order valence-electron chi connectivity index (χ4n) is 1.90. The lowest BCUT2D eigenvalue weighted by molar-refractivity contribution is 1.41. The number of halogens is 1. The lowest BCUT2D eigenvalue weighted by atomic mass is 10.1. The number of nitrogens with zero attached hydrogens (tertiary/aromatic N) is 3. The van der Waals surface area contributed by atoms with Crippen LogP contribution in [-0.4, -0.2) is 4.98 Å². The maximum absolute atomic E-state index is 9.03. The molecule has 21 heavy (non-hydrogen) atoms. The maximum Gasteiger partial charge on any atom is 0.188 e. The molecule has 0 bridgehead atoms. The normalized spacial score (nSPS) is 10.0. The highest BCUT2D eigenvalue weighted by molar-refractivity contribution is 7.22. The summed E-state index contributed by atoms with van der Waals surface area (Å²) in [6, 6.07) is 14.5. The molecule has 0 aliphatic heterocycles. The minimum atomic E-state index is 0.335. The second-order valence-corrected chi connectivity index (χ2v) is 5.62. The van der Waals surface area contributed by atoms with Gasteiger partial charge in [0.2, 0.25) is 0 Å². The van der Waals surface area contributed by atoms with Gasteiger partial charge in [-0.3, -0.25) is 0 Å². The maximum atomic E-state index is 9.03. The number of fused-ring (bicyclic) bond motifs is 1. The number of nitrogens with one attached hydrogen (secondary N) is 1. The van der Waals surface area contributed by atoms with Crippen molar-refractivity contribution in [2.24, 2.45) is 0 Å². The molecule has 0 amide bonds. The third-order valence-corrected chi connectivity index (χ3v) is 4.33. The van der Waals surface area contributed by atoms with Crippen molar-refractivity contribution in [1.82, 2.24) is 4.98 Å². The zero-order valence-electron chi connectivity index (χ0n) is 10.6. The lowest BCUT2D eigenvalue weighted by Crippen LogP contribution is -1.91. The van der Waals surface area contributed by atoms with E-state index in [9.17, 15) is 0 Å². The largest absolute Gasteiger partial charge is 0.331 e. The molecule has 1 aromatic heterocycles. The van der Waals surface area contributed by atoms with Crippen LogP contribution >= 0.6 is 22.9 Å². The van der Waals surface area contributed by atoms with E-state index in [1.807, 2.05) is 30.3 Å². The average molecular weight is 311 g/mol. The molecular weight excluding hydrogens is 304 g/mol. The Hall–Kier alpha value is -2.60. The monoisotopic (exact) mass is 310 g/mol. The fraction of sp³-hybridized carbons (Fsp3) is 0. The Balaban J connectivity index is 1.97. The first-order chi connectivity index (χ1) is 10.2. The molecule has 0 atom stereocenters. The van der Waals surface area contributed by atoms with Crippen LogP contribution in [0.3, 0.4) is 0 Å². The molecular formula is C15H7ClN4S. The molecule has 0 saturated heterocycles. The standard InChI is InChI=1S/C15H7ClN4S/c16-12-2-1-3-13-14(12)21-15(20-13)19-11-5-4-9(7-17)10(6-11)8-18/h1-6H,(H,19,20). The zero-order chi connectivity index (χ0) is 14.8. The van der Waals surface area contributed by atoms with Gasteiger partial charge in [0.05, 0.1) is 26.4 Å². The lowest BCUT2D eigenvalue weighted by Gasteiger charge is -2.03. The summed E-state index contributed by atoms with van der Waals surface area (Å²) in [5.41, 5.74) is 2.22. The Morgan fingerprint density at radius 1 is 1.10 bits per heavy atom. The van der Waals surface area contributed by atoms with Crippen LogP contribution in [0.5, 0.6) is 0 Å². The minimum absolute atomic E-state index is 0.335. The van der Waals surface area contributed by atoms with E-state index in [4.69, 9.17) is 22.1 Å². The van der Waals surface area contributed by atoms with E-state index in [1.54, 1.807) is 18.2 Å². The van der Waals surface area contributed by atoms with E-state index < -0.39 is 0 Å². The van der Waals surface area contributed by atoms with Gasteiger partial charge < -0.3 is 5.32 Å². The van der Waals surface area contributed by atoms with Crippen molar-refractivity contribution in [3.05, 3.63) is 52.5 Å². The van der Waals surface area contributed by atoms with Crippen molar-refractivity contribution in [2.75, 3.05) is 5.32 Å². The molecule has 4 nitrogen and oxygen atoms in total. The van der Waals surface area contributed by atoms with Crippen LogP contribution < -0.4 is 5.32 Å². The molecule has 0 fully saturated rings. The molecule has 0 spiro atoms. The summed E-state index contributed by atoms with van der Waals surface area (Å²) in [7, 11) is 0. The minimum Gasteiger partial charge on any atom is -0.331 e. The third kappa shape index (κ3) is 2.53. The Morgan fingerprint density at radius 2 is 1.90 bits per heavy atom. The summed E-state index contributed by atoms with van der Waals surface area (Å²) in [5, 5.41) is 22.4. The van der Waals surface area contributed by atoms with E-state index in [1.165, 1.54) is 11.3 Å². The Bertz CT molecular complexity index is 918. The van der Waals surface area contributed by atoms with E-state index >= 15 is 0 Å². The van der Waals surface area contributed by atoms with Crippen LogP contribution in [0.2, 0.25) is 5.02 Å². The summed E-state index contributed by atoms with van der Waals surface area (Å²) in [6.07, 6.45) is 0. The highest BCUT2D eigenvalue weighted by atomic mass is 35.5. The first-order valence-corrected chi connectivity index (χ1v) is 7.17. The van der Waals surface area contributed by atoms with Crippen molar-refractivity contribution < 1.29 is 0 Å². The van der Waals surface area contributed by atoms with E-state index in [-0.39, 0.29) is 0 Å². The van der Waals surface area contributed by atoms with Crippen LogP contribution in [0.15, 0.2) is 36.4 Å². The first kappa shape index (κ1) is 13.4. The molecule has 1 N–H and O–H groups in total. The van der Waals surface area contributed by atoms with Gasteiger partial charge in [0.1, 0.15) is 12.1 Å². The average Bonchev–Trinajstić information content (AvgIpc) is 2.91. The van der Waals surface area contributed by atoms with Gasteiger partial charge in [-0.15, -0.1) is 0 Å². The quantitative estimate of drug-likeness (QED) is 0.759. The number of benzene rings is 2. The second kappa shape index (κ2) is 5.41. The van der Waals surface area contributed by atoms with Gasteiger partial charge in [-0.2, -0.15) is 10.5 Å². The molecule has 0 unspecified atom stereocenters. The van der Waals surface area contributed by atoms with E-state index in [0.717, 1.165) is 10.2 Å². The van der Waals surface area contributed by atoms with Crippen molar-refractivity contribution in [2.45, 2.75) is 0 Å². The number of nitriles is 2. The fourth-order valence-corrected chi connectivity index (χ4v) is 3.08. The SMILES string of the molecule is N#Cc1ccc(Nc2nc3cccc(Cl)c3s2)cc1C#N. The molecule has 1 heterocycles. The second-order valence-electron chi connectivity index (χ2n) is 4.22. The molecule has 6 heteroatoms. The Labute approximate surface area is 129 Å². The number of anilines is 2. The molecule has 0 radical (unpaired) electrons. The van der Waals surface area contributed by atoms with E-state index in [0.29, 0.717) is 27.0 Å². The number of thiazole rings is 1. The Kier molecular flexibility index (Phi) is 3.45. The van der Waals surface area contributed by atoms with Crippen LogP contribution in [0.4, 0.5) is 10.8 Å². The molecule has 3 aromatic rings. The number of rotatable bonds is 2. The molecule has 100 valence electrons. The van der Waals surface area contributed by atoms with Gasteiger partial charge in [0.25, 0.3) is 0 Å². The van der Waals surface area contributed by atoms with E-state index in [2.05, 4.69) is 10.3 Å². The van der Waals surface area contributed by atoms with Crippen molar-refractivity contribution >= 4 is 44.0 Å². The predicted molar refractivity (Wildman–Crippen MR) is 83.8 cm³/mol. The van der Waals surface area contributed by atoms with Crippen LogP contribution in [0.1, 0.15) is 11.1 Å². The first-order valence-electron chi connectivity index (χ1n) is 5.97. The van der Waals surface area contributed by atoms with Gasteiger partial charge in [-0.1, -0.05) is 29.0 Å². The molecule has 3 rings (SSSR count). The van der Waals surface area contributed by atoms with Gasteiger partial charge in [0, 0.05) is 5.69 Å². The third-order valence-electron chi connectivity index (χ3n) is 2.88. The number of hydrogen-bond donors (Lipinski definition) is 1. The molecule has 0 saturated carbocycles. The summed E-state index contributed by atoms with van der Waals surface area (Å²) < 4.78 is 0.913. The topological polar surface area (TPSA) is 72.5 Å². The summed E-state index contributed by atoms with van der Waals surface area (Å²) in [5.74, 6) is 0. The van der Waals surface area contributed by atoms with Crippen LogP contribution in [0, 0.1) is 22.7 Å². The molecule has 0 aliphatic rings. The van der Waals surface area contributed by atoms with Crippen molar-refractivity contribution in [3.63, 3.8) is 0 Å². The summed E-state index contributed by atoms with van der Waals surface area (Å²) in [4.78, 5) is 4.44. The number of hydrogen-bond acceptors (Lipinski definition) is 5. The van der Waals surface area contributed by atoms with Crippen LogP contribution in [0.25, 0.3) is 10.2 Å². The smallest absolute Gasteiger partial charge is 0.188 e. The highest BCUT2D eigenvalue weighted by Gasteiger charge is 2.08. The molecule has 2 aromatic carbocycles. The van der Waals surface area contributed by atoms with Crippen LogP contribution in [-0.2, 0) is 0 Å². The summed E-state index contributed by atoms with van der Waals surface area (Å²) in [6.45, 7) is 0. The highest BCUT2D eigenvalue weighted by Crippen LogP contribution is 2.33. The predicted octanol–water partition coefficient (Wildman–Crippen LogP) is 4.44. The van der Waals surface area contributed by atoms with Gasteiger partial charge in [-0.25, -0.2) is 4.98 Å². The van der Waals surface area contributed by atoms with Gasteiger partial charge >= 0.3 is 0 Å². The zero-order valence-corrected chi connectivity index (χ0v) is 12.2. The number of aromatic nitrogens is 1. The Morgan fingerprint density at radius 3 is 2.62 bits per heavy atom. The van der Waals surface area contributed by atoms with Crippen molar-refractivity contribution in [1.29, 1.82) is 10.5 Å². The van der Waals surface area contributed by atoms with Gasteiger partial charge in [0.15, 0.2) is 5.13 Å². The van der Waals surface area contributed by atoms with Gasteiger partial charge in [-0.05, 0) is 30.3 Å². The molecule has 0 aliphatic carbocycles. The van der Waals surface area contributed by atoms with Crippen molar-refractivity contribution in [3.8, 4) is 12.1 Å².